The molecule has 92 valence electrons. The van der Waals surface area contributed by atoms with E-state index in [4.69, 9.17) is 0 Å². The van der Waals surface area contributed by atoms with Crippen molar-refractivity contribution in [3.63, 3.8) is 0 Å². The monoisotopic (exact) mass is 324 g/mol. The number of halogens is 1. The van der Waals surface area contributed by atoms with E-state index in [0.717, 1.165) is 20.0 Å². The van der Waals surface area contributed by atoms with Gasteiger partial charge in [-0.15, -0.1) is 0 Å². The number of nitrogens with zero attached hydrogens (tertiary/aromatic N) is 2. The number of hydrogen-bond acceptors (Lipinski definition) is 4. The Morgan fingerprint density at radius 2 is 1.94 bits per heavy atom. The Bertz CT molecular complexity index is 587. The maximum atomic E-state index is 10.5. The summed E-state index contributed by atoms with van der Waals surface area (Å²) in [5.41, 5.74) is 1.20. The highest BCUT2D eigenvalue weighted by atomic mass is 79.9. The topological polar surface area (TPSA) is 56.0 Å². The minimum absolute atomic E-state index is 0.0932. The van der Waals surface area contributed by atoms with Crippen LogP contribution in [0, 0.1) is 17.0 Å². The van der Waals surface area contributed by atoms with Gasteiger partial charge in [-0.2, -0.15) is 0 Å². The van der Waals surface area contributed by atoms with Crippen LogP contribution in [0.25, 0.3) is 0 Å². The molecule has 1 aromatic heterocycles. The molecule has 1 heterocycles. The van der Waals surface area contributed by atoms with E-state index < -0.39 is 4.92 Å². The first-order chi connectivity index (χ1) is 8.58. The molecule has 1 aromatic carbocycles. The fraction of sp³-hybridized carbons (Fsp3) is 0.0833. The highest BCUT2D eigenvalue weighted by Gasteiger charge is 2.08. The van der Waals surface area contributed by atoms with E-state index in [0.29, 0.717) is 0 Å². The summed E-state index contributed by atoms with van der Waals surface area (Å²) >= 11 is 4.95. The van der Waals surface area contributed by atoms with Crippen LogP contribution in [0.5, 0.6) is 0 Å². The maximum Gasteiger partial charge on any atom is 0.269 e. The summed E-state index contributed by atoms with van der Waals surface area (Å²) < 4.78 is 0.952. The highest BCUT2D eigenvalue weighted by Crippen LogP contribution is 2.33. The largest absolute Gasteiger partial charge is 0.269 e. The molecule has 0 saturated carbocycles. The number of nitro groups is 1. The van der Waals surface area contributed by atoms with Crippen molar-refractivity contribution in [2.24, 2.45) is 0 Å². The summed E-state index contributed by atoms with van der Waals surface area (Å²) in [6.45, 7) is 1.99. The second kappa shape index (κ2) is 5.49. The van der Waals surface area contributed by atoms with Crippen LogP contribution < -0.4 is 0 Å². The fourth-order valence-electron chi connectivity index (χ4n) is 1.33. The average molecular weight is 325 g/mol. The lowest BCUT2D eigenvalue weighted by Gasteiger charge is -2.05. The minimum atomic E-state index is -0.407. The van der Waals surface area contributed by atoms with Gasteiger partial charge < -0.3 is 0 Å². The first-order valence-corrected chi connectivity index (χ1v) is 6.72. The molecule has 0 aliphatic heterocycles. The van der Waals surface area contributed by atoms with E-state index >= 15 is 0 Å². The molecule has 0 atom stereocenters. The maximum absolute atomic E-state index is 10.5. The summed E-state index contributed by atoms with van der Waals surface area (Å²) in [6.07, 6.45) is 1.74. The van der Waals surface area contributed by atoms with Crippen LogP contribution in [0.2, 0.25) is 0 Å². The summed E-state index contributed by atoms with van der Waals surface area (Å²) in [5, 5.41) is 11.4. The third kappa shape index (κ3) is 2.88. The van der Waals surface area contributed by atoms with Crippen LogP contribution in [0.3, 0.4) is 0 Å². The predicted octanol–water partition coefficient (Wildman–Crippen LogP) is 4.21. The van der Waals surface area contributed by atoms with Crippen LogP contribution in [-0.2, 0) is 0 Å². The number of aryl methyl sites for hydroxylation is 1. The van der Waals surface area contributed by atoms with Crippen LogP contribution in [0.15, 0.2) is 50.9 Å². The van der Waals surface area contributed by atoms with Gasteiger partial charge in [-0.1, -0.05) is 11.8 Å². The van der Waals surface area contributed by atoms with E-state index in [2.05, 4.69) is 20.9 Å². The number of pyridine rings is 1. The van der Waals surface area contributed by atoms with Gasteiger partial charge in [0.05, 0.1) is 9.40 Å². The number of nitro benzene ring substituents is 1. The lowest BCUT2D eigenvalue weighted by molar-refractivity contribution is -0.384. The van der Waals surface area contributed by atoms with E-state index in [9.17, 15) is 10.1 Å². The number of hydrogen-bond donors (Lipinski definition) is 0. The van der Waals surface area contributed by atoms with E-state index in [1.54, 1.807) is 18.3 Å². The standard InChI is InChI=1S/C12H9BrN2O2S/c1-8-6-7-14-12(11(8)13)18-10-4-2-9(3-5-10)15(16)17/h2-7H,1H3. The number of rotatable bonds is 3. The number of aromatic nitrogens is 1. The molecule has 0 unspecified atom stereocenters. The van der Waals surface area contributed by atoms with Crippen molar-refractivity contribution in [2.45, 2.75) is 16.8 Å². The third-order valence-corrected chi connectivity index (χ3v) is 4.59. The van der Waals surface area contributed by atoms with Gasteiger partial charge in [-0.25, -0.2) is 4.98 Å². The minimum Gasteiger partial charge on any atom is -0.258 e. The van der Waals surface area contributed by atoms with E-state index in [1.165, 1.54) is 23.9 Å². The van der Waals surface area contributed by atoms with Gasteiger partial charge in [-0.3, -0.25) is 10.1 Å². The molecule has 6 heteroatoms. The molecule has 0 radical (unpaired) electrons. The van der Waals surface area contributed by atoms with Gasteiger partial charge in [-0.05, 0) is 46.6 Å². The average Bonchev–Trinajstić information content (AvgIpc) is 2.36. The van der Waals surface area contributed by atoms with Crippen molar-refractivity contribution in [3.05, 3.63) is 56.7 Å². The van der Waals surface area contributed by atoms with Gasteiger partial charge in [0.1, 0.15) is 5.03 Å². The van der Waals surface area contributed by atoms with Gasteiger partial charge in [0.2, 0.25) is 0 Å². The molecule has 0 N–H and O–H groups in total. The molecule has 0 amide bonds. The van der Waals surface area contributed by atoms with Crippen molar-refractivity contribution in [2.75, 3.05) is 0 Å². The van der Waals surface area contributed by atoms with Crippen LogP contribution in [0.4, 0.5) is 5.69 Å². The molecule has 0 aliphatic rings. The first-order valence-electron chi connectivity index (χ1n) is 5.11. The van der Waals surface area contributed by atoms with Gasteiger partial charge in [0, 0.05) is 23.2 Å². The van der Waals surface area contributed by atoms with Gasteiger partial charge in [0.15, 0.2) is 0 Å². The quantitative estimate of drug-likeness (QED) is 0.626. The van der Waals surface area contributed by atoms with Crippen molar-refractivity contribution in [1.82, 2.24) is 4.98 Å². The normalized spacial score (nSPS) is 10.3. The molecule has 0 saturated heterocycles. The van der Waals surface area contributed by atoms with Crippen molar-refractivity contribution in [1.29, 1.82) is 0 Å². The molecule has 0 spiro atoms. The zero-order valence-electron chi connectivity index (χ0n) is 9.46. The molecule has 2 rings (SSSR count). The summed E-state index contributed by atoms with van der Waals surface area (Å²) in [7, 11) is 0. The molecule has 2 aromatic rings. The van der Waals surface area contributed by atoms with Crippen molar-refractivity contribution in [3.8, 4) is 0 Å². The fourth-order valence-corrected chi connectivity index (χ4v) is 2.67. The molecule has 0 fully saturated rings. The third-order valence-electron chi connectivity index (χ3n) is 2.31. The smallest absolute Gasteiger partial charge is 0.258 e. The van der Waals surface area contributed by atoms with Crippen molar-refractivity contribution < 1.29 is 4.92 Å². The Labute approximate surface area is 117 Å². The molecule has 0 aliphatic carbocycles. The zero-order chi connectivity index (χ0) is 13.1. The lowest BCUT2D eigenvalue weighted by Crippen LogP contribution is -1.87. The second-order valence-electron chi connectivity index (χ2n) is 3.60. The number of benzene rings is 1. The second-order valence-corrected chi connectivity index (χ2v) is 5.46. The van der Waals surface area contributed by atoms with E-state index in [-0.39, 0.29) is 5.69 Å². The van der Waals surface area contributed by atoms with Gasteiger partial charge in [0.25, 0.3) is 5.69 Å². The summed E-state index contributed by atoms with van der Waals surface area (Å²) in [6, 6.07) is 8.35. The predicted molar refractivity (Wildman–Crippen MR) is 73.9 cm³/mol. The Hall–Kier alpha value is -1.40. The van der Waals surface area contributed by atoms with E-state index in [1.807, 2.05) is 13.0 Å². The zero-order valence-corrected chi connectivity index (χ0v) is 11.9. The van der Waals surface area contributed by atoms with Gasteiger partial charge >= 0.3 is 0 Å². The molecule has 18 heavy (non-hydrogen) atoms. The lowest BCUT2D eigenvalue weighted by atomic mass is 10.3. The number of non-ortho nitro benzene ring substituents is 1. The molecular formula is C12H9BrN2O2S. The first kappa shape index (κ1) is 13.0. The van der Waals surface area contributed by atoms with Crippen LogP contribution >= 0.6 is 27.7 Å². The SMILES string of the molecule is Cc1ccnc(Sc2ccc([N+](=O)[O-])cc2)c1Br. The van der Waals surface area contributed by atoms with Crippen molar-refractivity contribution >= 4 is 33.4 Å². The Morgan fingerprint density at radius 3 is 2.56 bits per heavy atom. The van der Waals surface area contributed by atoms with Crippen LogP contribution in [0.1, 0.15) is 5.56 Å². The molecule has 0 bridgehead atoms. The Kier molecular flexibility index (Phi) is 3.98. The molecular weight excluding hydrogens is 316 g/mol. The summed E-state index contributed by atoms with van der Waals surface area (Å²) in [4.78, 5) is 15.3. The molecule has 4 nitrogen and oxygen atoms in total. The Balaban J connectivity index is 2.24. The summed E-state index contributed by atoms with van der Waals surface area (Å²) in [5.74, 6) is 0. The van der Waals surface area contributed by atoms with Crippen LogP contribution in [-0.4, -0.2) is 9.91 Å². The highest BCUT2D eigenvalue weighted by molar-refractivity contribution is 9.10. The Morgan fingerprint density at radius 1 is 1.28 bits per heavy atom.